The predicted octanol–water partition coefficient (Wildman–Crippen LogP) is 7.37. The largest absolute Gasteiger partial charge is 0.399 e. The second kappa shape index (κ2) is 10.8. The number of benzene rings is 2. The van der Waals surface area contributed by atoms with Crippen molar-refractivity contribution >= 4 is 58.8 Å². The molecule has 2 rings (SSSR count). The maximum atomic E-state index is 13.9. The quantitative estimate of drug-likeness (QED) is 0.209. The molecule has 0 fully saturated rings. The number of thioether (sulfide) groups is 1. The summed E-state index contributed by atoms with van der Waals surface area (Å²) in [5.74, 6) is 0.883. The minimum Gasteiger partial charge on any atom is -0.320 e. The molecular formula is C16H14Br2F4O6P2S. The van der Waals surface area contributed by atoms with E-state index in [2.05, 4.69) is 41.3 Å². The first-order valence-electron chi connectivity index (χ1n) is 8.10. The monoisotopic (exact) mass is 630 g/mol. The molecule has 0 bridgehead atoms. The van der Waals surface area contributed by atoms with Crippen LogP contribution in [0.2, 0.25) is 0 Å². The summed E-state index contributed by atoms with van der Waals surface area (Å²) in [6.45, 7) is 0. The third kappa shape index (κ3) is 6.88. The summed E-state index contributed by atoms with van der Waals surface area (Å²) in [5.41, 5.74) is -3.37. The van der Waals surface area contributed by atoms with Gasteiger partial charge in [0, 0.05) is 26.0 Å². The first-order valence-corrected chi connectivity index (χ1v) is 14.2. The van der Waals surface area contributed by atoms with Gasteiger partial charge in [-0.15, -0.1) is 9.46 Å². The van der Waals surface area contributed by atoms with Gasteiger partial charge in [0.1, 0.15) is 0 Å². The van der Waals surface area contributed by atoms with Crippen LogP contribution in [0.1, 0.15) is 22.3 Å². The van der Waals surface area contributed by atoms with Crippen LogP contribution in [-0.4, -0.2) is 9.79 Å². The van der Waals surface area contributed by atoms with E-state index in [-0.39, 0.29) is 4.47 Å². The number of halogens is 6. The summed E-state index contributed by atoms with van der Waals surface area (Å²) in [4.78, 5) is 17.7. The number of hydrogen-bond acceptors (Lipinski definition) is 5. The van der Waals surface area contributed by atoms with Crippen molar-refractivity contribution < 1.29 is 46.2 Å². The highest BCUT2D eigenvalue weighted by atomic mass is 79.9. The van der Waals surface area contributed by atoms with Crippen molar-refractivity contribution in [3.63, 3.8) is 0 Å². The first kappa shape index (κ1) is 27.0. The lowest BCUT2D eigenvalue weighted by molar-refractivity contribution is -0.0881. The van der Waals surface area contributed by atoms with E-state index in [1.807, 2.05) is 0 Å². The van der Waals surface area contributed by atoms with Crippen LogP contribution in [0.4, 0.5) is 17.8 Å². The molecule has 0 unspecified atom stereocenters. The molecule has 0 amide bonds. The highest BCUT2D eigenvalue weighted by Crippen LogP contribution is 2.60. The van der Waals surface area contributed by atoms with Crippen molar-refractivity contribution in [1.82, 2.24) is 0 Å². The topological polar surface area (TPSA) is 93.1 Å². The van der Waals surface area contributed by atoms with Crippen LogP contribution < -0.4 is 0 Å². The van der Waals surface area contributed by atoms with E-state index < -0.39 is 32.6 Å². The average molecular weight is 632 g/mol. The molecule has 31 heavy (non-hydrogen) atoms. The third-order valence-corrected chi connectivity index (χ3v) is 8.54. The third-order valence-electron chi connectivity index (χ3n) is 3.95. The molecule has 2 aromatic rings. The van der Waals surface area contributed by atoms with Gasteiger partial charge in [-0.25, -0.2) is 0 Å². The fourth-order valence-corrected chi connectivity index (χ4v) is 6.28. The second-order valence-electron chi connectivity index (χ2n) is 6.23. The van der Waals surface area contributed by atoms with Crippen molar-refractivity contribution in [2.75, 3.05) is 0 Å². The predicted molar refractivity (Wildman–Crippen MR) is 115 cm³/mol. The van der Waals surface area contributed by atoms with Gasteiger partial charge in [-0.1, -0.05) is 56.1 Å². The molecule has 0 aromatic heterocycles. The molecule has 172 valence electrons. The van der Waals surface area contributed by atoms with E-state index in [1.54, 1.807) is 12.1 Å². The lowest BCUT2D eigenvalue weighted by Crippen LogP contribution is -2.14. The van der Waals surface area contributed by atoms with E-state index in [0.717, 1.165) is 11.6 Å². The Morgan fingerprint density at radius 3 is 1.90 bits per heavy atom. The summed E-state index contributed by atoms with van der Waals surface area (Å²) in [5, 5.41) is 0. The molecule has 0 aliphatic rings. The van der Waals surface area contributed by atoms with Crippen LogP contribution in [0, 0.1) is 0 Å². The Hall–Kier alpha value is -0.230. The molecule has 6 nitrogen and oxygen atoms in total. The molecule has 2 aromatic carbocycles. The SMILES string of the molecule is O=P(Cc1ccc(CSCc2ccc(C(F)(F)P(=O)(O)O)c(Br)c2)cc1Br)(OF)OF. The van der Waals surface area contributed by atoms with E-state index in [9.17, 15) is 27.0 Å². The zero-order chi connectivity index (χ0) is 23.4. The van der Waals surface area contributed by atoms with E-state index >= 15 is 0 Å². The summed E-state index contributed by atoms with van der Waals surface area (Å²) in [6.07, 6.45) is -0.617. The van der Waals surface area contributed by atoms with Gasteiger partial charge >= 0.3 is 20.9 Å². The molecule has 0 saturated heterocycles. The van der Waals surface area contributed by atoms with Gasteiger partial charge in [0.2, 0.25) is 0 Å². The fourth-order valence-electron chi connectivity index (χ4n) is 2.41. The van der Waals surface area contributed by atoms with Crippen LogP contribution in [0.25, 0.3) is 0 Å². The number of rotatable bonds is 10. The van der Waals surface area contributed by atoms with Crippen molar-refractivity contribution in [3.05, 3.63) is 67.6 Å². The van der Waals surface area contributed by atoms with E-state index in [1.165, 1.54) is 30.0 Å². The molecule has 0 spiro atoms. The number of alkyl halides is 2. The van der Waals surface area contributed by atoms with Gasteiger partial charge in [0.25, 0.3) is 0 Å². The Balaban J connectivity index is 2.03. The lowest BCUT2D eigenvalue weighted by Gasteiger charge is -2.19. The minimum atomic E-state index is -5.67. The normalized spacial score (nSPS) is 12.9. The summed E-state index contributed by atoms with van der Waals surface area (Å²) in [7, 11) is -10.2. The molecule has 0 heterocycles. The Labute approximate surface area is 195 Å². The first-order chi connectivity index (χ1) is 14.3. The fraction of sp³-hybridized carbons (Fsp3) is 0.250. The van der Waals surface area contributed by atoms with Crippen LogP contribution >= 0.6 is 58.8 Å². The van der Waals surface area contributed by atoms with Gasteiger partial charge in [0.05, 0.1) is 6.16 Å². The maximum Gasteiger partial charge on any atom is 0.399 e. The molecule has 0 aliphatic carbocycles. The summed E-state index contributed by atoms with van der Waals surface area (Å²) in [6, 6.07) is 8.47. The highest BCUT2D eigenvalue weighted by molar-refractivity contribution is 9.10. The molecule has 2 N–H and O–H groups in total. The Bertz CT molecular complexity index is 1030. The zero-order valence-electron chi connectivity index (χ0n) is 15.2. The van der Waals surface area contributed by atoms with Crippen LogP contribution in [0.5, 0.6) is 0 Å². The minimum absolute atomic E-state index is 0.124. The second-order valence-corrected chi connectivity index (χ2v) is 12.4. The standard InChI is InChI=1S/C16H14Br2F4O6P2S/c17-14-5-10(1-3-12(14)7-29(23,27-21)28-22)8-31-9-11-2-4-13(15(18)6-11)16(19,20)30(24,25)26/h1-6H,7-9H2,(H2,24,25,26). The molecule has 0 saturated carbocycles. The van der Waals surface area contributed by atoms with Gasteiger partial charge < -0.3 is 9.79 Å². The molecule has 0 aliphatic heterocycles. The van der Waals surface area contributed by atoms with Crippen molar-refractivity contribution in [1.29, 1.82) is 0 Å². The summed E-state index contributed by atoms with van der Waals surface area (Å²) >= 11 is 7.57. The van der Waals surface area contributed by atoms with Crippen LogP contribution in [-0.2, 0) is 41.9 Å². The highest BCUT2D eigenvalue weighted by Gasteiger charge is 2.51. The van der Waals surface area contributed by atoms with E-state index in [0.29, 0.717) is 27.1 Å². The molecule has 0 radical (unpaired) electrons. The van der Waals surface area contributed by atoms with Gasteiger partial charge in [-0.2, -0.15) is 20.5 Å². The van der Waals surface area contributed by atoms with Crippen molar-refractivity contribution in [2.45, 2.75) is 23.3 Å². The zero-order valence-corrected chi connectivity index (χ0v) is 21.0. The Morgan fingerprint density at radius 2 is 1.45 bits per heavy atom. The Kier molecular flexibility index (Phi) is 9.41. The lowest BCUT2D eigenvalue weighted by atomic mass is 10.1. The molecular weight excluding hydrogens is 618 g/mol. The maximum absolute atomic E-state index is 13.9. The van der Waals surface area contributed by atoms with Gasteiger partial charge in [-0.3, -0.25) is 9.13 Å². The van der Waals surface area contributed by atoms with Crippen LogP contribution in [0.15, 0.2) is 45.3 Å². The van der Waals surface area contributed by atoms with E-state index in [4.69, 9.17) is 9.79 Å². The van der Waals surface area contributed by atoms with Crippen LogP contribution in [0.3, 0.4) is 0 Å². The molecule has 15 heteroatoms. The smallest absolute Gasteiger partial charge is 0.320 e. The van der Waals surface area contributed by atoms with Gasteiger partial charge in [-0.05, 0) is 37.9 Å². The average Bonchev–Trinajstić information content (AvgIpc) is 2.69. The van der Waals surface area contributed by atoms with Gasteiger partial charge in [0.15, 0.2) is 0 Å². The summed E-state index contributed by atoms with van der Waals surface area (Å²) < 4.78 is 81.2. The van der Waals surface area contributed by atoms with Crippen molar-refractivity contribution in [2.24, 2.45) is 0 Å². The number of hydrogen-bond donors (Lipinski definition) is 2. The molecule has 0 atom stereocenters. The Morgan fingerprint density at radius 1 is 0.935 bits per heavy atom. The van der Waals surface area contributed by atoms with Crippen molar-refractivity contribution in [3.8, 4) is 0 Å².